The Hall–Kier alpha value is -2.47. The van der Waals surface area contributed by atoms with Crippen LogP contribution in [0.5, 0.6) is 0 Å². The van der Waals surface area contributed by atoms with Gasteiger partial charge in [0.1, 0.15) is 5.54 Å². The summed E-state index contributed by atoms with van der Waals surface area (Å²) in [6.45, 7) is 0.431. The molecule has 0 atom stereocenters. The average molecular weight is 384 g/mol. The van der Waals surface area contributed by atoms with Crippen LogP contribution >= 0.6 is 11.8 Å². The summed E-state index contributed by atoms with van der Waals surface area (Å²) in [4.78, 5) is 26.5. The first-order valence-corrected chi connectivity index (χ1v) is 10.4. The van der Waals surface area contributed by atoms with E-state index >= 15 is 0 Å². The first-order valence-electron chi connectivity index (χ1n) is 9.17. The lowest BCUT2D eigenvalue weighted by Crippen LogP contribution is -2.57. The van der Waals surface area contributed by atoms with E-state index in [1.165, 1.54) is 0 Å². The van der Waals surface area contributed by atoms with Crippen LogP contribution in [0.2, 0.25) is 0 Å². The quantitative estimate of drug-likeness (QED) is 0.656. The molecule has 6 heteroatoms. The summed E-state index contributed by atoms with van der Waals surface area (Å²) in [6, 6.07) is 17.1. The molecule has 27 heavy (non-hydrogen) atoms. The monoisotopic (exact) mass is 383 g/mol. The summed E-state index contributed by atoms with van der Waals surface area (Å²) in [6.07, 6.45) is 5.16. The van der Waals surface area contributed by atoms with Gasteiger partial charge in [-0.1, -0.05) is 49.2 Å². The highest BCUT2D eigenvalue weighted by atomic mass is 32.2. The van der Waals surface area contributed by atoms with E-state index < -0.39 is 5.54 Å². The Balaban J connectivity index is 1.63. The molecule has 0 saturated heterocycles. The normalized spacial score (nSPS) is 15.1. The summed E-state index contributed by atoms with van der Waals surface area (Å²) in [5, 5.41) is 8.78. The molecule has 2 aromatic rings. The zero-order chi connectivity index (χ0) is 19.1. The smallest absolute Gasteiger partial charge is 0.315 e. The third kappa shape index (κ3) is 5.04. The third-order valence-corrected chi connectivity index (χ3v) is 5.59. The number of nitrogens with one attached hydrogen (secondary N) is 3. The maximum Gasteiger partial charge on any atom is 0.315 e. The third-order valence-electron chi connectivity index (χ3n) is 4.87. The lowest BCUT2D eigenvalue weighted by atomic mass is 9.96. The number of rotatable bonds is 6. The van der Waals surface area contributed by atoms with Gasteiger partial charge in [-0.15, -0.1) is 11.8 Å². The van der Waals surface area contributed by atoms with E-state index in [1.807, 2.05) is 60.9 Å². The molecule has 0 aromatic heterocycles. The Labute approximate surface area is 164 Å². The molecule has 3 rings (SSSR count). The highest BCUT2D eigenvalue weighted by Crippen LogP contribution is 2.31. The molecule has 0 aliphatic heterocycles. The Bertz CT molecular complexity index is 789. The Morgan fingerprint density at radius 3 is 2.48 bits per heavy atom. The van der Waals surface area contributed by atoms with Gasteiger partial charge in [-0.25, -0.2) is 4.79 Å². The molecular formula is C21H25N3O2S. The molecule has 3 N–H and O–H groups in total. The van der Waals surface area contributed by atoms with Gasteiger partial charge >= 0.3 is 6.03 Å². The van der Waals surface area contributed by atoms with Crippen LogP contribution in [0.3, 0.4) is 0 Å². The number of urea groups is 1. The van der Waals surface area contributed by atoms with Crippen LogP contribution in [-0.4, -0.2) is 23.7 Å². The second-order valence-electron chi connectivity index (χ2n) is 6.77. The topological polar surface area (TPSA) is 70.2 Å². The highest BCUT2D eigenvalue weighted by molar-refractivity contribution is 7.98. The first-order chi connectivity index (χ1) is 13.1. The zero-order valence-electron chi connectivity index (χ0n) is 15.5. The lowest BCUT2D eigenvalue weighted by Gasteiger charge is -2.29. The molecule has 0 spiro atoms. The van der Waals surface area contributed by atoms with Gasteiger partial charge < -0.3 is 16.0 Å². The summed E-state index contributed by atoms with van der Waals surface area (Å²) < 4.78 is 0. The van der Waals surface area contributed by atoms with E-state index in [9.17, 15) is 9.59 Å². The molecule has 0 radical (unpaired) electrons. The standard InChI is InChI=1S/C21H25N3O2S/c1-27-18-11-7-10-17(14-18)23-19(25)21(12-5-6-13-21)24-20(26)22-15-16-8-3-2-4-9-16/h2-4,7-11,14H,5-6,12-13,15H2,1H3,(H,23,25)(H2,22,24,26). The largest absolute Gasteiger partial charge is 0.334 e. The molecule has 2 aromatic carbocycles. The molecule has 0 unspecified atom stereocenters. The van der Waals surface area contributed by atoms with Gasteiger partial charge in [0, 0.05) is 17.1 Å². The van der Waals surface area contributed by atoms with Crippen molar-refractivity contribution in [2.24, 2.45) is 0 Å². The van der Waals surface area contributed by atoms with E-state index in [-0.39, 0.29) is 11.9 Å². The van der Waals surface area contributed by atoms with Crippen LogP contribution in [0, 0.1) is 0 Å². The lowest BCUT2D eigenvalue weighted by molar-refractivity contribution is -0.121. The van der Waals surface area contributed by atoms with E-state index in [2.05, 4.69) is 16.0 Å². The Morgan fingerprint density at radius 1 is 1.04 bits per heavy atom. The maximum atomic E-state index is 13.0. The van der Waals surface area contributed by atoms with Crippen LogP contribution in [0.4, 0.5) is 10.5 Å². The van der Waals surface area contributed by atoms with Crippen molar-refractivity contribution in [2.75, 3.05) is 11.6 Å². The summed E-state index contributed by atoms with van der Waals surface area (Å²) >= 11 is 1.63. The zero-order valence-corrected chi connectivity index (χ0v) is 16.3. The summed E-state index contributed by atoms with van der Waals surface area (Å²) in [7, 11) is 0. The molecule has 142 valence electrons. The van der Waals surface area contributed by atoms with Crippen LogP contribution in [0.1, 0.15) is 31.2 Å². The summed E-state index contributed by atoms with van der Waals surface area (Å²) in [5.74, 6) is -0.145. The van der Waals surface area contributed by atoms with Crippen molar-refractivity contribution in [3.05, 3.63) is 60.2 Å². The van der Waals surface area contributed by atoms with E-state index in [1.54, 1.807) is 11.8 Å². The van der Waals surface area contributed by atoms with E-state index in [0.29, 0.717) is 19.4 Å². The van der Waals surface area contributed by atoms with Crippen LogP contribution in [0.15, 0.2) is 59.5 Å². The molecule has 1 saturated carbocycles. The average Bonchev–Trinajstić information content (AvgIpc) is 3.17. The van der Waals surface area contributed by atoms with Crippen molar-refractivity contribution in [1.82, 2.24) is 10.6 Å². The molecule has 0 bridgehead atoms. The number of carbonyl (C=O) groups is 2. The van der Waals surface area contributed by atoms with Crippen molar-refractivity contribution < 1.29 is 9.59 Å². The second-order valence-corrected chi connectivity index (χ2v) is 7.65. The number of amides is 3. The molecular weight excluding hydrogens is 358 g/mol. The van der Waals surface area contributed by atoms with Crippen molar-refractivity contribution in [3.8, 4) is 0 Å². The van der Waals surface area contributed by atoms with Crippen LogP contribution in [-0.2, 0) is 11.3 Å². The van der Waals surface area contributed by atoms with Crippen molar-refractivity contribution in [1.29, 1.82) is 0 Å². The minimum Gasteiger partial charge on any atom is -0.334 e. The first kappa shape index (κ1) is 19.3. The SMILES string of the molecule is CSc1cccc(NC(=O)C2(NC(=O)NCc3ccccc3)CCCC2)c1. The predicted molar refractivity (Wildman–Crippen MR) is 110 cm³/mol. The van der Waals surface area contributed by atoms with Gasteiger partial charge in [-0.05, 0) is 42.9 Å². The number of hydrogen-bond donors (Lipinski definition) is 3. The van der Waals surface area contributed by atoms with Gasteiger partial charge in [-0.2, -0.15) is 0 Å². The van der Waals surface area contributed by atoms with Gasteiger partial charge in [0.05, 0.1) is 0 Å². The van der Waals surface area contributed by atoms with Gasteiger partial charge in [0.25, 0.3) is 0 Å². The van der Waals surface area contributed by atoms with Crippen molar-refractivity contribution in [2.45, 2.75) is 42.7 Å². The van der Waals surface area contributed by atoms with Gasteiger partial charge in [0.2, 0.25) is 5.91 Å². The molecule has 1 aliphatic carbocycles. The van der Waals surface area contributed by atoms with Crippen LogP contribution in [0.25, 0.3) is 0 Å². The van der Waals surface area contributed by atoms with E-state index in [0.717, 1.165) is 29.0 Å². The molecule has 1 aliphatic rings. The van der Waals surface area contributed by atoms with Crippen molar-refractivity contribution in [3.63, 3.8) is 0 Å². The minimum absolute atomic E-state index is 0.145. The Morgan fingerprint density at radius 2 is 1.78 bits per heavy atom. The highest BCUT2D eigenvalue weighted by Gasteiger charge is 2.42. The fourth-order valence-electron chi connectivity index (χ4n) is 3.38. The molecule has 1 fully saturated rings. The second kappa shape index (κ2) is 8.95. The molecule has 3 amide bonds. The Kier molecular flexibility index (Phi) is 6.40. The number of hydrogen-bond acceptors (Lipinski definition) is 3. The summed E-state index contributed by atoms with van der Waals surface area (Å²) in [5.41, 5.74) is 0.923. The number of carbonyl (C=O) groups excluding carboxylic acids is 2. The number of thioether (sulfide) groups is 1. The fraction of sp³-hybridized carbons (Fsp3) is 0.333. The van der Waals surface area contributed by atoms with Crippen molar-refractivity contribution >= 4 is 29.4 Å². The van der Waals surface area contributed by atoms with Gasteiger partial charge in [-0.3, -0.25) is 4.79 Å². The number of anilines is 1. The molecule has 5 nitrogen and oxygen atoms in total. The van der Waals surface area contributed by atoms with E-state index in [4.69, 9.17) is 0 Å². The molecule has 0 heterocycles. The van der Waals surface area contributed by atoms with Gasteiger partial charge in [0.15, 0.2) is 0 Å². The van der Waals surface area contributed by atoms with Crippen LogP contribution < -0.4 is 16.0 Å². The maximum absolute atomic E-state index is 13.0. The minimum atomic E-state index is -0.851. The fourth-order valence-corrected chi connectivity index (χ4v) is 3.84. The number of benzene rings is 2. The predicted octanol–water partition coefficient (Wildman–Crippen LogP) is 4.16.